The van der Waals surface area contributed by atoms with Crippen LogP contribution >= 0.6 is 11.8 Å². The first-order valence-corrected chi connectivity index (χ1v) is 3.85. The number of hydrogen-bond donors (Lipinski definition) is 2. The molecule has 2 nitrogen and oxygen atoms in total. The molecule has 0 aliphatic carbocycles. The third-order valence-corrected chi connectivity index (χ3v) is 1.76. The zero-order chi connectivity index (χ0) is 10.8. The highest BCUT2D eigenvalue weighted by Gasteiger charge is 2.09. The molecule has 0 heterocycles. The summed E-state index contributed by atoms with van der Waals surface area (Å²) < 4.78 is 21.1. The molecule has 0 radical (unpaired) electrons. The lowest BCUT2D eigenvalue weighted by atomic mass is 9.81. The van der Waals surface area contributed by atoms with E-state index >= 15 is 0 Å². The summed E-state index contributed by atoms with van der Waals surface area (Å²) in [5, 5.41) is 17.7. The van der Waals surface area contributed by atoms with E-state index in [0.29, 0.717) is 22.1 Å². The van der Waals surface area contributed by atoms with Gasteiger partial charge in [0.2, 0.25) is 0 Å². The van der Waals surface area contributed by atoms with Gasteiger partial charge in [0.25, 0.3) is 0 Å². The molecule has 1 aromatic rings. The minimum Gasteiger partial charge on any atom is -0.423 e. The predicted octanol–water partition coefficient (Wildman–Crippen LogP) is 0.0883. The molecule has 0 bridgehead atoms. The van der Waals surface area contributed by atoms with Crippen LogP contribution in [0.5, 0.6) is 0 Å². The summed E-state index contributed by atoms with van der Waals surface area (Å²) in [6.07, 6.45) is -2.11. The van der Waals surface area contributed by atoms with Crippen molar-refractivity contribution < 1.29 is 14.2 Å². The molecule has 0 unspecified atom stereocenters. The fourth-order valence-electron chi connectivity index (χ4n) is 0.739. The number of rotatable bonds is 2. The van der Waals surface area contributed by atoms with Crippen LogP contribution in [-0.4, -0.2) is 23.4 Å². The van der Waals surface area contributed by atoms with Crippen LogP contribution in [0.25, 0.3) is 0 Å². The molecule has 1 aromatic carbocycles. The predicted molar refractivity (Wildman–Crippen MR) is 48.0 cm³/mol. The van der Waals surface area contributed by atoms with Crippen molar-refractivity contribution in [1.82, 2.24) is 0 Å². The van der Waals surface area contributed by atoms with E-state index in [1.165, 1.54) is 12.1 Å². The average Bonchev–Trinajstić information content (AvgIpc) is 2.01. The summed E-state index contributed by atoms with van der Waals surface area (Å²) in [4.78, 5) is 0.496. The third-order valence-electron chi connectivity index (χ3n) is 1.27. The van der Waals surface area contributed by atoms with Crippen LogP contribution in [-0.2, 0) is 0 Å². The fraction of sp³-hybridized carbons (Fsp3) is 0.143. The van der Waals surface area contributed by atoms with Gasteiger partial charge in [-0.15, -0.1) is 11.8 Å². The average molecular weight is 171 g/mol. The lowest BCUT2D eigenvalue weighted by Gasteiger charge is -2.00. The second-order valence-electron chi connectivity index (χ2n) is 2.05. The van der Waals surface area contributed by atoms with Gasteiger partial charge in [0.1, 0.15) is 0 Å². The number of benzene rings is 1. The lowest BCUT2D eigenvalue weighted by molar-refractivity contribution is 0.425. The molecular formula is C7H9BO2S. The maximum atomic E-state index is 8.85. The minimum absolute atomic E-state index is 0.291. The molecule has 2 N–H and O–H groups in total. The maximum Gasteiger partial charge on any atom is 0.488 e. The van der Waals surface area contributed by atoms with E-state index in [1.807, 2.05) is 0 Å². The molecule has 0 spiro atoms. The van der Waals surface area contributed by atoms with Crippen molar-refractivity contribution in [3.63, 3.8) is 0 Å². The molecule has 4 heteroatoms. The van der Waals surface area contributed by atoms with Crippen LogP contribution in [0, 0.1) is 0 Å². The van der Waals surface area contributed by atoms with Crippen LogP contribution in [0.1, 0.15) is 4.11 Å². The van der Waals surface area contributed by atoms with Crippen molar-refractivity contribution in [1.29, 1.82) is 0 Å². The van der Waals surface area contributed by atoms with Gasteiger partial charge in [-0.25, -0.2) is 0 Å². The molecule has 0 aliphatic heterocycles. The molecule has 0 atom stereocenters. The minimum atomic E-state index is -2.11. The monoisotopic (exact) mass is 171 g/mol. The molecule has 0 aliphatic rings. The molecule has 0 saturated heterocycles. The Labute approximate surface area is 74.6 Å². The second-order valence-corrected chi connectivity index (χ2v) is 2.72. The first-order valence-electron chi connectivity index (χ1n) is 4.53. The first kappa shape index (κ1) is 5.24. The smallest absolute Gasteiger partial charge is 0.423 e. The van der Waals surface area contributed by atoms with Crippen LogP contribution in [0.4, 0.5) is 0 Å². The molecular weight excluding hydrogens is 159 g/mol. The Hall–Kier alpha value is -0.445. The Morgan fingerprint density at radius 3 is 3.00 bits per heavy atom. The molecule has 11 heavy (non-hydrogen) atoms. The van der Waals surface area contributed by atoms with Crippen LogP contribution in [0.3, 0.4) is 0 Å². The largest absolute Gasteiger partial charge is 0.488 e. The van der Waals surface area contributed by atoms with Crippen LogP contribution in [0.2, 0.25) is 0 Å². The van der Waals surface area contributed by atoms with Crippen molar-refractivity contribution >= 4 is 24.3 Å². The van der Waals surface area contributed by atoms with E-state index in [9.17, 15) is 0 Å². The van der Waals surface area contributed by atoms with Gasteiger partial charge in [0.05, 0.1) is 0 Å². The quantitative estimate of drug-likeness (QED) is 0.489. The van der Waals surface area contributed by atoms with E-state index in [0.717, 1.165) is 0 Å². The van der Waals surface area contributed by atoms with Crippen molar-refractivity contribution in [3.8, 4) is 0 Å². The van der Waals surface area contributed by atoms with Crippen molar-refractivity contribution in [2.45, 2.75) is 4.90 Å². The van der Waals surface area contributed by atoms with Gasteiger partial charge in [-0.2, -0.15) is 0 Å². The van der Waals surface area contributed by atoms with Gasteiger partial charge in [0.15, 0.2) is 0 Å². The van der Waals surface area contributed by atoms with Crippen molar-refractivity contribution in [2.24, 2.45) is 0 Å². The van der Waals surface area contributed by atoms with Gasteiger partial charge in [-0.1, -0.05) is 12.1 Å². The van der Waals surface area contributed by atoms with E-state index in [2.05, 4.69) is 0 Å². The van der Waals surface area contributed by atoms with E-state index in [-0.39, 0.29) is 0 Å². The summed E-state index contributed by atoms with van der Waals surface area (Å²) in [6, 6.07) is 6.17. The van der Waals surface area contributed by atoms with Crippen LogP contribution < -0.4 is 5.46 Å². The maximum absolute atomic E-state index is 8.85. The highest BCUT2D eigenvalue weighted by Crippen LogP contribution is 2.11. The highest BCUT2D eigenvalue weighted by molar-refractivity contribution is 7.98. The van der Waals surface area contributed by atoms with Crippen molar-refractivity contribution in [2.75, 3.05) is 6.18 Å². The standard InChI is InChI=1S/C7H9BO2S/c1-11-7-4-2-3-6(5-7)8(9)10/h2-5,9-10H,1H3/i1D3. The summed E-state index contributed by atoms with van der Waals surface area (Å²) in [6.45, 7) is 0. The molecule has 1 rings (SSSR count). The molecule has 0 fully saturated rings. The van der Waals surface area contributed by atoms with Gasteiger partial charge < -0.3 is 10.0 Å². The van der Waals surface area contributed by atoms with Gasteiger partial charge in [-0.3, -0.25) is 0 Å². The Kier molecular flexibility index (Phi) is 1.81. The highest BCUT2D eigenvalue weighted by atomic mass is 32.2. The van der Waals surface area contributed by atoms with Crippen molar-refractivity contribution in [3.05, 3.63) is 24.3 Å². The topological polar surface area (TPSA) is 40.5 Å². The summed E-state index contributed by atoms with van der Waals surface area (Å²) in [5.74, 6) is 0. The summed E-state index contributed by atoms with van der Waals surface area (Å²) >= 11 is 0.710. The zero-order valence-corrected chi connectivity index (χ0v) is 6.51. The van der Waals surface area contributed by atoms with E-state index < -0.39 is 13.3 Å². The van der Waals surface area contributed by atoms with E-state index in [1.54, 1.807) is 12.1 Å². The first-order chi connectivity index (χ1) is 6.38. The second kappa shape index (κ2) is 3.81. The van der Waals surface area contributed by atoms with Gasteiger partial charge in [-0.05, 0) is 23.8 Å². The molecule has 58 valence electrons. The molecule has 0 amide bonds. The Bertz CT molecular complexity index is 316. The Morgan fingerprint density at radius 2 is 2.36 bits per heavy atom. The molecule has 0 aromatic heterocycles. The van der Waals surface area contributed by atoms with Gasteiger partial charge in [0, 0.05) is 9.01 Å². The SMILES string of the molecule is [2H]C([2H])([2H])Sc1cccc(B(O)O)c1. The number of hydrogen-bond acceptors (Lipinski definition) is 3. The van der Waals surface area contributed by atoms with E-state index in [4.69, 9.17) is 14.2 Å². The lowest BCUT2D eigenvalue weighted by Crippen LogP contribution is -2.29. The summed E-state index contributed by atoms with van der Waals surface area (Å²) in [7, 11) is -1.56. The number of thioether (sulfide) groups is 1. The third kappa shape index (κ3) is 2.25. The summed E-state index contributed by atoms with van der Waals surface area (Å²) in [5.41, 5.74) is 0.291. The fourth-order valence-corrected chi connectivity index (χ4v) is 1.08. The molecule has 0 saturated carbocycles. The van der Waals surface area contributed by atoms with Gasteiger partial charge >= 0.3 is 7.12 Å². The Balaban J connectivity index is 2.84. The Morgan fingerprint density at radius 1 is 1.55 bits per heavy atom. The van der Waals surface area contributed by atoms with Crippen LogP contribution in [0.15, 0.2) is 29.2 Å². The normalized spacial score (nSPS) is 14.9. The zero-order valence-electron chi connectivity index (χ0n) is 8.69.